The Labute approximate surface area is 140 Å². The van der Waals surface area contributed by atoms with Crippen LogP contribution in [0, 0.1) is 12.8 Å². The van der Waals surface area contributed by atoms with Crippen LogP contribution in [0.15, 0.2) is 12.4 Å². The second kappa shape index (κ2) is 6.01. The van der Waals surface area contributed by atoms with Crippen molar-refractivity contribution >= 4 is 17.5 Å². The molecule has 1 saturated carbocycles. The van der Waals surface area contributed by atoms with Gasteiger partial charge in [0.1, 0.15) is 12.1 Å². The van der Waals surface area contributed by atoms with Crippen molar-refractivity contribution in [2.45, 2.75) is 32.2 Å². The van der Waals surface area contributed by atoms with E-state index in [1.165, 1.54) is 6.33 Å². The molecule has 1 saturated heterocycles. The summed E-state index contributed by atoms with van der Waals surface area (Å²) < 4.78 is 1.76. The number of hydrogen-bond acceptors (Lipinski definition) is 6. The van der Waals surface area contributed by atoms with Crippen molar-refractivity contribution in [1.82, 2.24) is 24.5 Å². The number of hydrogen-bond donors (Lipinski definition) is 1. The molecule has 2 aromatic rings. The Kier molecular flexibility index (Phi) is 3.84. The summed E-state index contributed by atoms with van der Waals surface area (Å²) in [5.41, 5.74) is 6.87. The number of aromatic nitrogens is 4. The predicted molar refractivity (Wildman–Crippen MR) is 89.6 cm³/mol. The van der Waals surface area contributed by atoms with E-state index in [-0.39, 0.29) is 17.9 Å². The zero-order valence-electron chi connectivity index (χ0n) is 13.9. The first-order valence-electron chi connectivity index (χ1n) is 8.58. The molecule has 0 spiro atoms. The molecule has 0 radical (unpaired) electrons. The molecular formula is C16H23N7O. The molecule has 3 heterocycles. The first-order valence-corrected chi connectivity index (χ1v) is 8.58. The fourth-order valence-corrected chi connectivity index (χ4v) is 3.79. The lowest BCUT2D eigenvalue weighted by Gasteiger charge is -2.37. The van der Waals surface area contributed by atoms with Crippen molar-refractivity contribution in [2.24, 2.45) is 11.7 Å². The summed E-state index contributed by atoms with van der Waals surface area (Å²) in [5, 5.41) is 4.27. The number of nitrogens with zero attached hydrogens (tertiary/aromatic N) is 6. The highest BCUT2D eigenvalue weighted by atomic mass is 16.2. The minimum atomic E-state index is 0.122. The zero-order valence-corrected chi connectivity index (χ0v) is 13.9. The standard InChI is InChI=1S/C16H23N7O/c1-11-8-14(23-16(20-11)18-10-19-23)21-4-6-22(7-5-21)15(24)12-2-3-13(17)9-12/h8,10,12-13H,2-7,9,17H2,1H3. The molecule has 2 N–H and O–H groups in total. The third-order valence-corrected chi connectivity index (χ3v) is 5.10. The molecular weight excluding hydrogens is 306 g/mol. The highest BCUT2D eigenvalue weighted by Gasteiger charge is 2.32. The van der Waals surface area contributed by atoms with E-state index in [9.17, 15) is 4.79 Å². The first kappa shape index (κ1) is 15.3. The maximum atomic E-state index is 12.6. The number of anilines is 1. The molecule has 1 aliphatic heterocycles. The average Bonchev–Trinajstić information content (AvgIpc) is 3.22. The van der Waals surface area contributed by atoms with Gasteiger partial charge >= 0.3 is 0 Å². The third kappa shape index (κ3) is 2.71. The van der Waals surface area contributed by atoms with Gasteiger partial charge in [-0.15, -0.1) is 0 Å². The largest absolute Gasteiger partial charge is 0.353 e. The summed E-state index contributed by atoms with van der Waals surface area (Å²) in [6.07, 6.45) is 4.26. The summed E-state index contributed by atoms with van der Waals surface area (Å²) in [6, 6.07) is 2.22. The van der Waals surface area contributed by atoms with E-state index in [4.69, 9.17) is 5.73 Å². The number of aryl methyl sites for hydroxylation is 1. The van der Waals surface area contributed by atoms with Crippen molar-refractivity contribution in [2.75, 3.05) is 31.1 Å². The van der Waals surface area contributed by atoms with Crippen LogP contribution in [0.1, 0.15) is 25.0 Å². The maximum absolute atomic E-state index is 12.6. The summed E-state index contributed by atoms with van der Waals surface area (Å²) >= 11 is 0. The van der Waals surface area contributed by atoms with Gasteiger partial charge in [0, 0.05) is 49.9 Å². The van der Waals surface area contributed by atoms with Gasteiger partial charge in [-0.3, -0.25) is 4.79 Å². The van der Waals surface area contributed by atoms with Gasteiger partial charge in [0.05, 0.1) is 0 Å². The van der Waals surface area contributed by atoms with Gasteiger partial charge in [-0.2, -0.15) is 14.6 Å². The Morgan fingerprint density at radius 3 is 2.75 bits per heavy atom. The normalized spacial score (nSPS) is 24.8. The Hall–Kier alpha value is -2.22. The fourth-order valence-electron chi connectivity index (χ4n) is 3.79. The second-order valence-corrected chi connectivity index (χ2v) is 6.81. The summed E-state index contributed by atoms with van der Waals surface area (Å²) in [5.74, 6) is 2.00. The van der Waals surface area contributed by atoms with Gasteiger partial charge in [-0.1, -0.05) is 0 Å². The van der Waals surface area contributed by atoms with Crippen molar-refractivity contribution in [3.63, 3.8) is 0 Å². The lowest BCUT2D eigenvalue weighted by molar-refractivity contribution is -0.135. The average molecular weight is 329 g/mol. The van der Waals surface area contributed by atoms with E-state index in [2.05, 4.69) is 20.0 Å². The molecule has 128 valence electrons. The van der Waals surface area contributed by atoms with Gasteiger partial charge in [0.15, 0.2) is 0 Å². The molecule has 0 aromatic carbocycles. The summed E-state index contributed by atoms with van der Waals surface area (Å²) in [7, 11) is 0. The molecule has 2 aliphatic rings. The highest BCUT2D eigenvalue weighted by Crippen LogP contribution is 2.27. The van der Waals surface area contributed by atoms with E-state index in [1.54, 1.807) is 4.52 Å². The van der Waals surface area contributed by atoms with Crippen LogP contribution in [0.4, 0.5) is 5.82 Å². The fraction of sp³-hybridized carbons (Fsp3) is 0.625. The lowest BCUT2D eigenvalue weighted by atomic mass is 10.1. The number of carbonyl (C=O) groups excluding carboxylic acids is 1. The van der Waals surface area contributed by atoms with Crippen LogP contribution < -0.4 is 10.6 Å². The van der Waals surface area contributed by atoms with Gasteiger partial charge in [-0.25, -0.2) is 4.98 Å². The van der Waals surface area contributed by atoms with Crippen LogP contribution in [0.2, 0.25) is 0 Å². The summed E-state index contributed by atoms with van der Waals surface area (Å²) in [4.78, 5) is 25.4. The quantitative estimate of drug-likeness (QED) is 0.847. The lowest BCUT2D eigenvalue weighted by Crippen LogP contribution is -2.50. The molecule has 2 atom stereocenters. The Morgan fingerprint density at radius 2 is 2.04 bits per heavy atom. The van der Waals surface area contributed by atoms with Crippen LogP contribution >= 0.6 is 0 Å². The van der Waals surface area contributed by atoms with Gasteiger partial charge < -0.3 is 15.5 Å². The predicted octanol–water partition coefficient (Wildman–Crippen LogP) is 0.209. The topological polar surface area (TPSA) is 92.7 Å². The van der Waals surface area contributed by atoms with E-state index < -0.39 is 0 Å². The highest BCUT2D eigenvalue weighted by molar-refractivity contribution is 5.79. The van der Waals surface area contributed by atoms with Crippen LogP contribution in [-0.2, 0) is 4.79 Å². The molecule has 1 amide bonds. The molecule has 2 aromatic heterocycles. The number of amides is 1. The van der Waals surface area contributed by atoms with Crippen molar-refractivity contribution < 1.29 is 4.79 Å². The molecule has 0 bridgehead atoms. The SMILES string of the molecule is Cc1cc(N2CCN(C(=O)C3CCC(N)C3)CC2)n2ncnc2n1. The molecule has 2 fully saturated rings. The Balaban J connectivity index is 1.46. The van der Waals surface area contributed by atoms with Gasteiger partial charge in [0.2, 0.25) is 5.91 Å². The van der Waals surface area contributed by atoms with Crippen LogP contribution in [0.3, 0.4) is 0 Å². The van der Waals surface area contributed by atoms with E-state index in [0.717, 1.165) is 57.0 Å². The monoisotopic (exact) mass is 329 g/mol. The van der Waals surface area contributed by atoms with Crippen LogP contribution in [-0.4, -0.2) is 62.6 Å². The third-order valence-electron chi connectivity index (χ3n) is 5.10. The maximum Gasteiger partial charge on any atom is 0.254 e. The zero-order chi connectivity index (χ0) is 16.7. The Bertz CT molecular complexity index is 750. The first-order chi connectivity index (χ1) is 11.6. The van der Waals surface area contributed by atoms with Crippen LogP contribution in [0.25, 0.3) is 5.78 Å². The molecule has 8 heteroatoms. The number of fused-ring (bicyclic) bond motifs is 1. The number of carbonyl (C=O) groups is 1. The van der Waals surface area contributed by atoms with Crippen molar-refractivity contribution in [1.29, 1.82) is 0 Å². The van der Waals surface area contributed by atoms with Crippen LogP contribution in [0.5, 0.6) is 0 Å². The van der Waals surface area contributed by atoms with E-state index in [0.29, 0.717) is 5.78 Å². The minimum absolute atomic E-state index is 0.122. The Morgan fingerprint density at radius 1 is 1.25 bits per heavy atom. The number of rotatable bonds is 2. The molecule has 2 unspecified atom stereocenters. The molecule has 4 rings (SSSR count). The van der Waals surface area contributed by atoms with Gasteiger partial charge in [-0.05, 0) is 26.2 Å². The minimum Gasteiger partial charge on any atom is -0.353 e. The summed E-state index contributed by atoms with van der Waals surface area (Å²) in [6.45, 7) is 5.03. The molecule has 24 heavy (non-hydrogen) atoms. The molecule has 1 aliphatic carbocycles. The second-order valence-electron chi connectivity index (χ2n) is 6.81. The van der Waals surface area contributed by atoms with Crippen molar-refractivity contribution in [3.05, 3.63) is 18.1 Å². The van der Waals surface area contributed by atoms with E-state index in [1.807, 2.05) is 17.9 Å². The number of nitrogens with two attached hydrogens (primary N) is 1. The van der Waals surface area contributed by atoms with Gasteiger partial charge in [0.25, 0.3) is 5.78 Å². The van der Waals surface area contributed by atoms with Crippen molar-refractivity contribution in [3.8, 4) is 0 Å². The smallest absolute Gasteiger partial charge is 0.254 e. The number of piperazine rings is 1. The van der Waals surface area contributed by atoms with E-state index >= 15 is 0 Å². The molecule has 8 nitrogen and oxygen atoms in total.